The van der Waals surface area contributed by atoms with Gasteiger partial charge in [-0.25, -0.2) is 0 Å². The molecule has 166 valence electrons. The van der Waals surface area contributed by atoms with Gasteiger partial charge in [0.05, 0.1) is 23.0 Å². The van der Waals surface area contributed by atoms with Crippen molar-refractivity contribution in [2.75, 3.05) is 17.3 Å². The minimum atomic E-state index is -4.51. The molecular weight excluding hydrogens is 411 g/mol. The van der Waals surface area contributed by atoms with Crippen molar-refractivity contribution in [3.05, 3.63) is 59.7 Å². The quantitative estimate of drug-likeness (QED) is 0.665. The van der Waals surface area contributed by atoms with Gasteiger partial charge in [0, 0.05) is 14.0 Å². The number of benzene rings is 2. The lowest BCUT2D eigenvalue weighted by Crippen LogP contribution is -2.38. The average Bonchev–Trinajstić information content (AvgIpc) is 2.72. The second-order valence-electron chi connectivity index (χ2n) is 6.99. The van der Waals surface area contributed by atoms with Crippen molar-refractivity contribution in [2.45, 2.75) is 38.9 Å². The van der Waals surface area contributed by atoms with Crippen molar-refractivity contribution in [3.63, 3.8) is 0 Å². The number of nitrogens with one attached hydrogen (secondary N) is 2. The van der Waals surface area contributed by atoms with Crippen LogP contribution < -0.4 is 15.5 Å². The van der Waals surface area contributed by atoms with E-state index < -0.39 is 29.6 Å². The van der Waals surface area contributed by atoms with Gasteiger partial charge in [-0.05, 0) is 36.2 Å². The van der Waals surface area contributed by atoms with E-state index >= 15 is 0 Å². The Kier molecular flexibility index (Phi) is 7.79. The summed E-state index contributed by atoms with van der Waals surface area (Å²) in [5.41, 5.74) is 0.0890. The zero-order chi connectivity index (χ0) is 23.2. The van der Waals surface area contributed by atoms with Crippen LogP contribution in [0.4, 0.5) is 24.5 Å². The molecule has 0 aliphatic heterocycles. The summed E-state index contributed by atoms with van der Waals surface area (Å²) in [6.45, 7) is 3.18. The van der Waals surface area contributed by atoms with E-state index in [1.54, 1.807) is 18.2 Å². The lowest BCUT2D eigenvalue weighted by molar-refractivity contribution is -0.137. The smallest absolute Gasteiger partial charge is 0.341 e. The van der Waals surface area contributed by atoms with Crippen molar-refractivity contribution in [1.82, 2.24) is 5.32 Å². The first-order valence-electron chi connectivity index (χ1n) is 9.67. The highest BCUT2D eigenvalue weighted by Gasteiger charge is 2.31. The molecule has 0 aliphatic carbocycles. The summed E-state index contributed by atoms with van der Waals surface area (Å²) in [5.74, 6) is -2.24. The molecule has 2 aromatic rings. The number of nitrogens with zero attached hydrogens (tertiary/aromatic N) is 1. The third-order valence-electron chi connectivity index (χ3n) is 4.69. The fourth-order valence-corrected chi connectivity index (χ4v) is 2.99. The third kappa shape index (κ3) is 6.31. The van der Waals surface area contributed by atoms with Gasteiger partial charge in [-0.1, -0.05) is 37.6 Å². The van der Waals surface area contributed by atoms with Crippen LogP contribution in [0.3, 0.4) is 0 Å². The minimum Gasteiger partial charge on any atom is -0.341 e. The summed E-state index contributed by atoms with van der Waals surface area (Å²) < 4.78 is 39.1. The second kappa shape index (κ2) is 10.1. The predicted octanol–water partition coefficient (Wildman–Crippen LogP) is 4.28. The van der Waals surface area contributed by atoms with Gasteiger partial charge < -0.3 is 15.5 Å². The molecule has 0 saturated heterocycles. The fraction of sp³-hybridized carbons (Fsp3) is 0.318. The van der Waals surface area contributed by atoms with Crippen LogP contribution in [-0.4, -0.2) is 24.8 Å². The Morgan fingerprint density at radius 1 is 1.03 bits per heavy atom. The third-order valence-corrected chi connectivity index (χ3v) is 4.69. The molecule has 0 heterocycles. The molecule has 9 heteroatoms. The molecule has 0 fully saturated rings. The first kappa shape index (κ1) is 23.9. The highest BCUT2D eigenvalue weighted by Crippen LogP contribution is 2.31. The largest absolute Gasteiger partial charge is 0.416 e. The van der Waals surface area contributed by atoms with Gasteiger partial charge in [-0.2, -0.15) is 13.2 Å². The number of hydrogen-bond acceptors (Lipinski definition) is 3. The van der Waals surface area contributed by atoms with Crippen LogP contribution in [0.5, 0.6) is 0 Å². The summed E-state index contributed by atoms with van der Waals surface area (Å²) >= 11 is 0. The molecule has 2 rings (SSSR count). The molecule has 0 bridgehead atoms. The first-order valence-corrected chi connectivity index (χ1v) is 9.67. The summed E-state index contributed by atoms with van der Waals surface area (Å²) in [5, 5.41) is 4.96. The predicted molar refractivity (Wildman–Crippen MR) is 111 cm³/mol. The molecular formula is C22H24F3N3O3. The van der Waals surface area contributed by atoms with Gasteiger partial charge in [-0.15, -0.1) is 0 Å². The molecule has 6 nitrogen and oxygen atoms in total. The number of hydrogen-bond donors (Lipinski definition) is 2. The Morgan fingerprint density at radius 2 is 1.71 bits per heavy atom. The summed E-state index contributed by atoms with van der Waals surface area (Å²) in [4.78, 5) is 37.9. The van der Waals surface area contributed by atoms with Crippen molar-refractivity contribution in [2.24, 2.45) is 0 Å². The maximum atomic E-state index is 13.0. The van der Waals surface area contributed by atoms with Crippen LogP contribution in [0.15, 0.2) is 48.5 Å². The van der Waals surface area contributed by atoms with Crippen LogP contribution in [0, 0.1) is 0 Å². The van der Waals surface area contributed by atoms with Gasteiger partial charge in [-0.3, -0.25) is 14.4 Å². The van der Waals surface area contributed by atoms with E-state index in [1.807, 2.05) is 6.92 Å². The van der Waals surface area contributed by atoms with Crippen LogP contribution in [-0.2, 0) is 20.6 Å². The SMILES string of the molecule is CCC[C@H](NC(=O)C(=O)Nc1ccccc1N(C)C(C)=O)c1cccc(C(F)(F)F)c1. The topological polar surface area (TPSA) is 78.5 Å². The van der Waals surface area contributed by atoms with Crippen molar-refractivity contribution in [1.29, 1.82) is 0 Å². The summed E-state index contributed by atoms with van der Waals surface area (Å²) in [7, 11) is 1.53. The first-order chi connectivity index (χ1) is 14.5. The number of amides is 3. The fourth-order valence-electron chi connectivity index (χ4n) is 2.99. The van der Waals surface area contributed by atoms with E-state index in [0.717, 1.165) is 12.1 Å². The monoisotopic (exact) mass is 435 g/mol. The van der Waals surface area contributed by atoms with Gasteiger partial charge in [0.2, 0.25) is 5.91 Å². The summed E-state index contributed by atoms with van der Waals surface area (Å²) in [6.07, 6.45) is -3.58. The lowest BCUT2D eigenvalue weighted by atomic mass is 10.00. The van der Waals surface area contributed by atoms with Crippen molar-refractivity contribution in [3.8, 4) is 0 Å². The molecule has 2 aromatic carbocycles. The number of carbonyl (C=O) groups excluding carboxylic acids is 3. The van der Waals surface area contributed by atoms with Crippen LogP contribution in [0.2, 0.25) is 0 Å². The van der Waals surface area contributed by atoms with E-state index in [0.29, 0.717) is 18.5 Å². The van der Waals surface area contributed by atoms with E-state index in [1.165, 1.54) is 37.1 Å². The normalized spacial score (nSPS) is 12.1. The maximum absolute atomic E-state index is 13.0. The zero-order valence-corrected chi connectivity index (χ0v) is 17.4. The Balaban J connectivity index is 2.19. The van der Waals surface area contributed by atoms with E-state index in [2.05, 4.69) is 10.6 Å². The van der Waals surface area contributed by atoms with Crippen molar-refractivity contribution < 1.29 is 27.6 Å². The number of alkyl halides is 3. The molecule has 0 radical (unpaired) electrons. The molecule has 31 heavy (non-hydrogen) atoms. The van der Waals surface area contributed by atoms with Gasteiger partial charge in [0.25, 0.3) is 0 Å². The Bertz CT molecular complexity index is 960. The molecule has 0 aromatic heterocycles. The van der Waals surface area contributed by atoms with Gasteiger partial charge >= 0.3 is 18.0 Å². The number of halogens is 3. The molecule has 1 atom stereocenters. The molecule has 3 amide bonds. The molecule has 2 N–H and O–H groups in total. The maximum Gasteiger partial charge on any atom is 0.416 e. The Hall–Kier alpha value is -3.36. The van der Waals surface area contributed by atoms with Crippen LogP contribution in [0.25, 0.3) is 0 Å². The average molecular weight is 435 g/mol. The Labute approximate surface area is 178 Å². The molecule has 0 spiro atoms. The van der Waals surface area contributed by atoms with E-state index in [4.69, 9.17) is 0 Å². The van der Waals surface area contributed by atoms with Crippen LogP contribution in [0.1, 0.15) is 43.9 Å². The number of para-hydroxylation sites is 2. The Morgan fingerprint density at radius 3 is 2.32 bits per heavy atom. The lowest BCUT2D eigenvalue weighted by Gasteiger charge is -2.21. The van der Waals surface area contributed by atoms with Gasteiger partial charge in [0.15, 0.2) is 0 Å². The second-order valence-corrected chi connectivity index (χ2v) is 6.99. The zero-order valence-electron chi connectivity index (χ0n) is 17.4. The molecule has 0 saturated carbocycles. The minimum absolute atomic E-state index is 0.256. The molecule has 0 unspecified atom stereocenters. The number of carbonyl (C=O) groups is 3. The van der Waals surface area contributed by atoms with E-state index in [-0.39, 0.29) is 17.2 Å². The van der Waals surface area contributed by atoms with Gasteiger partial charge in [0.1, 0.15) is 0 Å². The highest BCUT2D eigenvalue weighted by atomic mass is 19.4. The standard InChI is InChI=1S/C22H24F3N3O3/c1-4-8-17(15-9-7-10-16(13-15)22(23,24)25)26-20(30)21(31)27-18-11-5-6-12-19(18)28(3)14(2)29/h5-7,9-13,17H,4,8H2,1-3H3,(H,26,30)(H,27,31)/t17-/m0/s1. The number of anilines is 2. The van der Waals surface area contributed by atoms with E-state index in [9.17, 15) is 27.6 Å². The van der Waals surface area contributed by atoms with Crippen molar-refractivity contribution >= 4 is 29.1 Å². The molecule has 0 aliphatic rings. The summed E-state index contributed by atoms with van der Waals surface area (Å²) in [6, 6.07) is 10.3. The van der Waals surface area contributed by atoms with Crippen LogP contribution >= 0.6 is 0 Å². The highest BCUT2D eigenvalue weighted by molar-refractivity contribution is 6.40. The number of rotatable bonds is 6.